The summed E-state index contributed by atoms with van der Waals surface area (Å²) in [7, 11) is 0. The summed E-state index contributed by atoms with van der Waals surface area (Å²) < 4.78 is 0. The van der Waals surface area contributed by atoms with Gasteiger partial charge in [-0.15, -0.1) is 0 Å². The van der Waals surface area contributed by atoms with Gasteiger partial charge >= 0.3 is 0 Å². The van der Waals surface area contributed by atoms with Crippen molar-refractivity contribution in [3.05, 3.63) is 53.6 Å². The number of nitrogens with zero attached hydrogens (tertiary/aromatic N) is 2. The van der Waals surface area contributed by atoms with E-state index in [9.17, 15) is 9.90 Å². The molecule has 1 aromatic carbocycles. The van der Waals surface area contributed by atoms with Crippen molar-refractivity contribution < 1.29 is 9.90 Å². The Morgan fingerprint density at radius 1 is 1.43 bits per heavy atom. The van der Waals surface area contributed by atoms with Crippen LogP contribution in [0.4, 0.5) is 0 Å². The number of carbonyl (C=O) groups is 1. The van der Waals surface area contributed by atoms with E-state index in [0.29, 0.717) is 19.5 Å². The third-order valence-electron chi connectivity index (χ3n) is 4.71. The van der Waals surface area contributed by atoms with Gasteiger partial charge < -0.3 is 15.0 Å². The van der Waals surface area contributed by atoms with E-state index in [1.165, 1.54) is 11.1 Å². The molecule has 1 aliphatic heterocycles. The van der Waals surface area contributed by atoms with Gasteiger partial charge in [-0.05, 0) is 36.8 Å². The lowest BCUT2D eigenvalue weighted by atomic mass is 9.86. The number of benzene rings is 1. The van der Waals surface area contributed by atoms with Gasteiger partial charge in [0.25, 0.3) is 0 Å². The van der Waals surface area contributed by atoms with Crippen LogP contribution in [0.3, 0.4) is 0 Å². The van der Waals surface area contributed by atoms with Crippen LogP contribution in [0.2, 0.25) is 0 Å². The van der Waals surface area contributed by atoms with Gasteiger partial charge in [0.1, 0.15) is 0 Å². The number of rotatable bonds is 4. The van der Waals surface area contributed by atoms with Crippen LogP contribution in [0, 0.1) is 12.8 Å². The van der Waals surface area contributed by atoms with Crippen molar-refractivity contribution in [3.63, 3.8) is 0 Å². The number of imidazole rings is 1. The molecule has 3 rings (SSSR count). The number of carbonyl (C=O) groups excluding carboxylic acids is 1. The van der Waals surface area contributed by atoms with Crippen molar-refractivity contribution >= 4 is 5.91 Å². The summed E-state index contributed by atoms with van der Waals surface area (Å²) in [6, 6.07) is 8.30. The van der Waals surface area contributed by atoms with Crippen LogP contribution in [0.5, 0.6) is 0 Å². The Bertz CT molecular complexity index is 654. The van der Waals surface area contributed by atoms with Gasteiger partial charge in [-0.1, -0.05) is 24.3 Å². The van der Waals surface area contributed by atoms with Crippen molar-refractivity contribution in [2.45, 2.75) is 32.3 Å². The summed E-state index contributed by atoms with van der Waals surface area (Å²) in [6.45, 7) is 3.23. The molecule has 23 heavy (non-hydrogen) atoms. The molecule has 0 unspecified atom stereocenters. The third-order valence-corrected chi connectivity index (χ3v) is 4.71. The van der Waals surface area contributed by atoms with Gasteiger partial charge in [-0.3, -0.25) is 4.79 Å². The van der Waals surface area contributed by atoms with E-state index < -0.39 is 6.10 Å². The fraction of sp³-hybridized carbons (Fsp3) is 0.444. The molecule has 2 heterocycles. The topological polar surface area (TPSA) is 69.2 Å². The van der Waals surface area contributed by atoms with Crippen LogP contribution in [0.15, 0.2) is 36.8 Å². The molecule has 0 saturated carbocycles. The van der Waals surface area contributed by atoms with E-state index in [1.54, 1.807) is 17.4 Å². The summed E-state index contributed by atoms with van der Waals surface area (Å²) in [6.07, 6.45) is 4.80. The molecule has 2 N–H and O–H groups in total. The normalized spacial score (nSPS) is 21.4. The number of aryl methyl sites for hydroxylation is 1. The van der Waals surface area contributed by atoms with Crippen LogP contribution in [0.25, 0.3) is 0 Å². The van der Waals surface area contributed by atoms with Crippen molar-refractivity contribution in [1.29, 1.82) is 0 Å². The number of likely N-dealkylation sites (tertiary alicyclic amines) is 1. The maximum Gasteiger partial charge on any atom is 0.228 e. The molecule has 0 aliphatic carbocycles. The molecule has 1 fully saturated rings. The first-order valence-corrected chi connectivity index (χ1v) is 8.11. The van der Waals surface area contributed by atoms with Crippen LogP contribution in [-0.2, 0) is 17.6 Å². The Morgan fingerprint density at radius 2 is 2.26 bits per heavy atom. The molecule has 0 bridgehead atoms. The van der Waals surface area contributed by atoms with Gasteiger partial charge in [-0.2, -0.15) is 0 Å². The number of hydrogen-bond acceptors (Lipinski definition) is 3. The summed E-state index contributed by atoms with van der Waals surface area (Å²) in [5.74, 6) is 0.259. The minimum atomic E-state index is -0.464. The highest BCUT2D eigenvalue weighted by Gasteiger charge is 2.30. The highest BCUT2D eigenvalue weighted by Crippen LogP contribution is 2.24. The van der Waals surface area contributed by atoms with Crippen LogP contribution >= 0.6 is 0 Å². The predicted octanol–water partition coefficient (Wildman–Crippen LogP) is 1.71. The van der Waals surface area contributed by atoms with E-state index in [-0.39, 0.29) is 11.8 Å². The molecule has 1 aliphatic rings. The van der Waals surface area contributed by atoms with Gasteiger partial charge in [0.2, 0.25) is 5.91 Å². The quantitative estimate of drug-likeness (QED) is 0.903. The molecule has 0 radical (unpaired) electrons. The summed E-state index contributed by atoms with van der Waals surface area (Å²) in [5, 5.41) is 10.5. The number of aliphatic hydroxyl groups excluding tert-OH is 1. The first-order valence-electron chi connectivity index (χ1n) is 8.11. The molecule has 2 aromatic rings. The van der Waals surface area contributed by atoms with Crippen LogP contribution in [0.1, 0.15) is 23.2 Å². The highest BCUT2D eigenvalue weighted by molar-refractivity contribution is 5.78. The first kappa shape index (κ1) is 15.7. The van der Waals surface area contributed by atoms with E-state index in [1.807, 2.05) is 12.1 Å². The van der Waals surface area contributed by atoms with E-state index in [0.717, 1.165) is 18.5 Å². The first-order chi connectivity index (χ1) is 11.1. The van der Waals surface area contributed by atoms with Gasteiger partial charge in [0.15, 0.2) is 0 Å². The zero-order valence-electron chi connectivity index (χ0n) is 13.4. The Labute approximate surface area is 136 Å². The lowest BCUT2D eigenvalue weighted by molar-refractivity contribution is -0.135. The summed E-state index contributed by atoms with van der Waals surface area (Å²) >= 11 is 0. The Balaban J connectivity index is 1.57. The number of amides is 1. The molecule has 122 valence electrons. The molecule has 1 amide bonds. The highest BCUT2D eigenvalue weighted by atomic mass is 16.3. The molecular weight excluding hydrogens is 290 g/mol. The van der Waals surface area contributed by atoms with Crippen molar-refractivity contribution in [1.82, 2.24) is 14.9 Å². The van der Waals surface area contributed by atoms with E-state index >= 15 is 0 Å². The number of aromatic nitrogens is 2. The zero-order chi connectivity index (χ0) is 16.2. The number of H-pyrrole nitrogens is 1. The lowest BCUT2D eigenvalue weighted by Gasteiger charge is -2.36. The second kappa shape index (κ2) is 6.96. The van der Waals surface area contributed by atoms with E-state index in [4.69, 9.17) is 0 Å². The third kappa shape index (κ3) is 3.79. The Hall–Kier alpha value is -2.14. The van der Waals surface area contributed by atoms with Crippen LogP contribution in [-0.4, -0.2) is 45.1 Å². The minimum Gasteiger partial charge on any atom is -0.391 e. The summed E-state index contributed by atoms with van der Waals surface area (Å²) in [5.41, 5.74) is 3.36. The molecule has 2 atom stereocenters. The number of nitrogens with one attached hydrogen (secondary N) is 1. The van der Waals surface area contributed by atoms with Crippen LogP contribution < -0.4 is 0 Å². The average Bonchev–Trinajstić information content (AvgIpc) is 3.04. The standard InChI is InChI=1S/C18H23N3O2/c1-13-4-2-3-5-14(13)8-15-6-7-21(11-17(15)22)18(23)9-16-10-19-12-20-16/h2-5,10,12,15,17,22H,6-9,11H2,1H3,(H,19,20)/t15-,17+/m1/s1. The molecule has 5 nitrogen and oxygen atoms in total. The Kier molecular flexibility index (Phi) is 4.76. The molecule has 1 saturated heterocycles. The molecule has 1 aromatic heterocycles. The van der Waals surface area contributed by atoms with Gasteiger partial charge in [-0.25, -0.2) is 4.98 Å². The van der Waals surface area contributed by atoms with Gasteiger partial charge in [0, 0.05) is 25.0 Å². The Morgan fingerprint density at radius 3 is 2.96 bits per heavy atom. The molecular formula is C18H23N3O2. The second-order valence-electron chi connectivity index (χ2n) is 6.34. The van der Waals surface area contributed by atoms with Crippen molar-refractivity contribution in [3.8, 4) is 0 Å². The maximum atomic E-state index is 12.3. The molecule has 0 spiro atoms. The van der Waals surface area contributed by atoms with Crippen molar-refractivity contribution in [2.24, 2.45) is 5.92 Å². The fourth-order valence-corrected chi connectivity index (χ4v) is 3.22. The minimum absolute atomic E-state index is 0.0441. The largest absolute Gasteiger partial charge is 0.391 e. The number of piperidine rings is 1. The second-order valence-corrected chi connectivity index (χ2v) is 6.34. The zero-order valence-corrected chi connectivity index (χ0v) is 13.4. The maximum absolute atomic E-state index is 12.3. The number of hydrogen-bond donors (Lipinski definition) is 2. The average molecular weight is 313 g/mol. The summed E-state index contributed by atoms with van der Waals surface area (Å²) in [4.78, 5) is 20.9. The lowest BCUT2D eigenvalue weighted by Crippen LogP contribution is -2.47. The monoisotopic (exact) mass is 313 g/mol. The van der Waals surface area contributed by atoms with E-state index in [2.05, 4.69) is 29.0 Å². The number of aliphatic hydroxyl groups is 1. The fourth-order valence-electron chi connectivity index (χ4n) is 3.22. The predicted molar refractivity (Wildman–Crippen MR) is 87.9 cm³/mol. The number of β-amino-alcohol motifs (C(OH)–C–C–N with tert-alkyl or cyclic N) is 1. The smallest absolute Gasteiger partial charge is 0.228 e. The SMILES string of the molecule is Cc1ccccc1C[C@H]1CCN(C(=O)Cc2cnc[nH]2)C[C@@H]1O. The number of aromatic amines is 1. The van der Waals surface area contributed by atoms with Crippen molar-refractivity contribution in [2.75, 3.05) is 13.1 Å². The molecule has 5 heteroatoms. The van der Waals surface area contributed by atoms with Gasteiger partial charge in [0.05, 0.1) is 18.9 Å².